The highest BCUT2D eigenvalue weighted by molar-refractivity contribution is 7.89. The number of hydrogen-bond donors (Lipinski definition) is 0. The number of sulfonamides is 1. The first-order valence-electron chi connectivity index (χ1n) is 4.61. The molecule has 0 unspecified atom stereocenters. The smallest absolute Gasteiger partial charge is 0.214 e. The molecule has 0 aromatic carbocycles. The second kappa shape index (κ2) is 3.36. The van der Waals surface area contributed by atoms with Gasteiger partial charge in [0, 0.05) is 25.5 Å². The van der Waals surface area contributed by atoms with Crippen molar-refractivity contribution in [3.05, 3.63) is 18.2 Å². The number of imidazole rings is 1. The van der Waals surface area contributed by atoms with E-state index in [0.717, 1.165) is 5.82 Å². The third-order valence-electron chi connectivity index (χ3n) is 2.47. The Morgan fingerprint density at radius 1 is 1.50 bits per heavy atom. The number of fused-ring (bicyclic) bond motifs is 1. The lowest BCUT2D eigenvalue weighted by Gasteiger charge is -2.26. The molecule has 6 heteroatoms. The fourth-order valence-corrected chi connectivity index (χ4v) is 2.61. The molecule has 0 spiro atoms. The fourth-order valence-electron chi connectivity index (χ4n) is 1.57. The third-order valence-corrected chi connectivity index (χ3v) is 4.30. The minimum atomic E-state index is -3.06. The van der Waals surface area contributed by atoms with Crippen molar-refractivity contribution in [1.82, 2.24) is 13.9 Å². The zero-order valence-electron chi connectivity index (χ0n) is 8.05. The van der Waals surface area contributed by atoms with Gasteiger partial charge < -0.3 is 4.57 Å². The molecule has 0 bridgehead atoms. The van der Waals surface area contributed by atoms with Crippen molar-refractivity contribution in [1.29, 1.82) is 0 Å². The normalized spacial score (nSPS) is 18.1. The van der Waals surface area contributed by atoms with Crippen LogP contribution in [-0.4, -0.2) is 34.6 Å². The first kappa shape index (κ1) is 9.67. The third kappa shape index (κ3) is 1.55. The molecule has 1 aliphatic rings. The maximum Gasteiger partial charge on any atom is 0.214 e. The molecule has 14 heavy (non-hydrogen) atoms. The van der Waals surface area contributed by atoms with Crippen LogP contribution in [0.25, 0.3) is 0 Å². The van der Waals surface area contributed by atoms with E-state index in [0.29, 0.717) is 19.6 Å². The van der Waals surface area contributed by atoms with Crippen LogP contribution in [0.15, 0.2) is 12.4 Å². The molecule has 0 amide bonds. The molecule has 0 fully saturated rings. The first-order chi connectivity index (χ1) is 6.63. The van der Waals surface area contributed by atoms with Gasteiger partial charge in [-0.15, -0.1) is 0 Å². The van der Waals surface area contributed by atoms with Gasteiger partial charge in [-0.3, -0.25) is 0 Å². The molecule has 1 aliphatic heterocycles. The van der Waals surface area contributed by atoms with Gasteiger partial charge >= 0.3 is 0 Å². The maximum absolute atomic E-state index is 11.6. The summed E-state index contributed by atoms with van der Waals surface area (Å²) in [4.78, 5) is 4.11. The highest BCUT2D eigenvalue weighted by atomic mass is 32.2. The molecule has 0 aliphatic carbocycles. The summed E-state index contributed by atoms with van der Waals surface area (Å²) in [5.41, 5.74) is 0. The van der Waals surface area contributed by atoms with Crippen molar-refractivity contribution in [3.63, 3.8) is 0 Å². The summed E-state index contributed by atoms with van der Waals surface area (Å²) in [7, 11) is -3.06. The van der Waals surface area contributed by atoms with Crippen LogP contribution >= 0.6 is 0 Å². The maximum atomic E-state index is 11.6. The van der Waals surface area contributed by atoms with E-state index in [1.807, 2.05) is 10.8 Å². The van der Waals surface area contributed by atoms with E-state index < -0.39 is 10.0 Å². The zero-order chi connectivity index (χ0) is 10.2. The van der Waals surface area contributed by atoms with Gasteiger partial charge in [-0.1, -0.05) is 0 Å². The average molecular weight is 215 g/mol. The molecule has 0 atom stereocenters. The minimum Gasteiger partial charge on any atom is -0.333 e. The predicted molar refractivity (Wildman–Crippen MR) is 52.1 cm³/mol. The van der Waals surface area contributed by atoms with Gasteiger partial charge in [-0.2, -0.15) is 4.31 Å². The summed E-state index contributed by atoms with van der Waals surface area (Å²) in [6.45, 7) is 3.33. The van der Waals surface area contributed by atoms with E-state index >= 15 is 0 Å². The van der Waals surface area contributed by atoms with Crippen LogP contribution < -0.4 is 0 Å². The minimum absolute atomic E-state index is 0.160. The van der Waals surface area contributed by atoms with Crippen LogP contribution in [0.1, 0.15) is 12.7 Å². The molecule has 1 aromatic rings. The highest BCUT2D eigenvalue weighted by Gasteiger charge is 2.25. The van der Waals surface area contributed by atoms with Crippen molar-refractivity contribution >= 4 is 10.0 Å². The monoisotopic (exact) mass is 215 g/mol. The van der Waals surface area contributed by atoms with Gasteiger partial charge in [0.1, 0.15) is 5.82 Å². The Morgan fingerprint density at radius 2 is 2.29 bits per heavy atom. The Bertz CT molecular complexity index is 424. The summed E-state index contributed by atoms with van der Waals surface area (Å²) in [6.07, 6.45) is 3.59. The van der Waals surface area contributed by atoms with Crippen LogP contribution in [0.2, 0.25) is 0 Å². The standard InChI is InChI=1S/C8H13N3O2S/c1-2-14(12,13)11-6-5-10-4-3-9-8(10)7-11/h3-4H,2,5-7H2,1H3. The van der Waals surface area contributed by atoms with Crippen LogP contribution in [0.3, 0.4) is 0 Å². The van der Waals surface area contributed by atoms with Crippen LogP contribution in [0.4, 0.5) is 0 Å². The van der Waals surface area contributed by atoms with Crippen LogP contribution in [0, 0.1) is 0 Å². The number of rotatable bonds is 2. The molecule has 0 saturated heterocycles. The quantitative estimate of drug-likeness (QED) is 0.700. The average Bonchev–Trinajstić information content (AvgIpc) is 2.64. The Morgan fingerprint density at radius 3 is 3.00 bits per heavy atom. The second-order valence-corrected chi connectivity index (χ2v) is 5.53. The van der Waals surface area contributed by atoms with E-state index in [1.165, 1.54) is 4.31 Å². The summed E-state index contributed by atoms with van der Waals surface area (Å²) in [5, 5.41) is 0. The SMILES string of the molecule is CCS(=O)(=O)N1CCn2ccnc2C1. The Kier molecular flexibility index (Phi) is 2.32. The van der Waals surface area contributed by atoms with E-state index in [9.17, 15) is 8.42 Å². The fraction of sp³-hybridized carbons (Fsp3) is 0.625. The van der Waals surface area contributed by atoms with Gasteiger partial charge in [-0.25, -0.2) is 13.4 Å². The Hall–Kier alpha value is -0.880. The van der Waals surface area contributed by atoms with Gasteiger partial charge in [0.15, 0.2) is 0 Å². The van der Waals surface area contributed by atoms with Gasteiger partial charge in [0.05, 0.1) is 12.3 Å². The van der Waals surface area contributed by atoms with Crippen LogP contribution in [0.5, 0.6) is 0 Å². The molecular formula is C8H13N3O2S. The van der Waals surface area contributed by atoms with E-state index in [-0.39, 0.29) is 5.75 Å². The molecule has 0 saturated carbocycles. The van der Waals surface area contributed by atoms with Gasteiger partial charge in [0.25, 0.3) is 0 Å². The number of hydrogen-bond acceptors (Lipinski definition) is 3. The van der Waals surface area contributed by atoms with Crippen molar-refractivity contribution in [2.24, 2.45) is 0 Å². The molecule has 5 nitrogen and oxygen atoms in total. The predicted octanol–water partition coefficient (Wildman–Crippen LogP) is 0.0484. The molecule has 2 rings (SSSR count). The first-order valence-corrected chi connectivity index (χ1v) is 6.22. The summed E-state index contributed by atoms with van der Waals surface area (Å²) in [5.74, 6) is 0.988. The topological polar surface area (TPSA) is 55.2 Å². The summed E-state index contributed by atoms with van der Waals surface area (Å²) in [6, 6.07) is 0. The molecule has 78 valence electrons. The summed E-state index contributed by atoms with van der Waals surface area (Å²) >= 11 is 0. The largest absolute Gasteiger partial charge is 0.333 e. The van der Waals surface area contributed by atoms with Crippen molar-refractivity contribution < 1.29 is 8.42 Å². The highest BCUT2D eigenvalue weighted by Crippen LogP contribution is 2.13. The zero-order valence-corrected chi connectivity index (χ0v) is 8.87. The van der Waals surface area contributed by atoms with Crippen molar-refractivity contribution in [3.8, 4) is 0 Å². The summed E-state index contributed by atoms with van der Waals surface area (Å²) < 4.78 is 26.6. The molecule has 0 radical (unpaired) electrons. The van der Waals surface area contributed by atoms with Gasteiger partial charge in [-0.05, 0) is 6.92 Å². The van der Waals surface area contributed by atoms with Crippen molar-refractivity contribution in [2.75, 3.05) is 12.3 Å². The molecule has 2 heterocycles. The van der Waals surface area contributed by atoms with E-state index in [1.54, 1.807) is 13.1 Å². The lowest BCUT2D eigenvalue weighted by Crippen LogP contribution is -2.39. The molecule has 0 N–H and O–H groups in total. The molecule has 1 aromatic heterocycles. The lowest BCUT2D eigenvalue weighted by molar-refractivity contribution is 0.336. The van der Waals surface area contributed by atoms with Crippen LogP contribution in [-0.2, 0) is 23.1 Å². The lowest BCUT2D eigenvalue weighted by atomic mass is 10.4. The number of nitrogens with zero attached hydrogens (tertiary/aromatic N) is 3. The van der Waals surface area contributed by atoms with E-state index in [4.69, 9.17) is 0 Å². The Labute approximate surface area is 83.4 Å². The van der Waals surface area contributed by atoms with E-state index in [2.05, 4.69) is 4.98 Å². The van der Waals surface area contributed by atoms with Gasteiger partial charge in [0.2, 0.25) is 10.0 Å². The van der Waals surface area contributed by atoms with Crippen molar-refractivity contribution in [2.45, 2.75) is 20.0 Å². The number of aromatic nitrogens is 2. The second-order valence-electron chi connectivity index (χ2n) is 3.27. The molecular weight excluding hydrogens is 202 g/mol. The Balaban J connectivity index is 2.23.